The quantitative estimate of drug-likeness (QED) is 0.0620. The van der Waals surface area contributed by atoms with Crippen molar-refractivity contribution < 1.29 is 45.5 Å². The minimum atomic E-state index is 0. The SMILES string of the molecule is C.Cc1cc(-c2ccccc2[OH+]CCC[OH+]c2ccccc2-c2cc(C)cc(-n3c4ccccc4c4ccccc43)c2O)c(O)c(-n2c3ccccc3c3ccccc32)c1.[CH3-].[CH3-].[Hf]. The van der Waals surface area contributed by atoms with Crippen molar-refractivity contribution in [2.45, 2.75) is 27.7 Å². The van der Waals surface area contributed by atoms with Gasteiger partial charge < -0.3 is 43.7 Å². The van der Waals surface area contributed by atoms with E-state index < -0.39 is 0 Å². The minimum Gasteiger partial charge on any atom is -0.582 e. The Hall–Kier alpha value is -6.57. The van der Waals surface area contributed by atoms with Crippen molar-refractivity contribution in [3.8, 4) is 56.6 Å². The Bertz CT molecular complexity index is 2900. The number of hydrogen-bond donors (Lipinski definition) is 2. The summed E-state index contributed by atoms with van der Waals surface area (Å²) in [6.07, 6.45) is 0.724. The smallest absolute Gasteiger partial charge is 0.262 e. The summed E-state index contributed by atoms with van der Waals surface area (Å²) in [6, 6.07) is 57.6. The van der Waals surface area contributed by atoms with Crippen molar-refractivity contribution in [2.24, 2.45) is 0 Å². The van der Waals surface area contributed by atoms with Gasteiger partial charge in [-0.25, -0.2) is 0 Å². The molecule has 10 rings (SSSR count). The second kappa shape index (κ2) is 19.2. The van der Waals surface area contributed by atoms with Gasteiger partial charge >= 0.3 is 0 Å². The van der Waals surface area contributed by atoms with Crippen LogP contribution in [0.4, 0.5) is 0 Å². The predicted molar refractivity (Wildman–Crippen MR) is 262 cm³/mol. The number of benzene rings is 8. The number of fused-ring (bicyclic) bond motifs is 6. The molecule has 0 saturated heterocycles. The molecule has 0 amide bonds. The molecule has 0 atom stereocenters. The zero-order valence-electron chi connectivity index (χ0n) is 35.5. The molecule has 316 valence electrons. The summed E-state index contributed by atoms with van der Waals surface area (Å²) in [6.45, 7) is 5.26. The number of aromatic hydroxyl groups is 4. The number of ether oxygens (including phenoxy) is 2. The number of phenols is 2. The Morgan fingerprint density at radius 2 is 0.714 bits per heavy atom. The van der Waals surface area contributed by atoms with Crippen molar-refractivity contribution in [3.05, 3.63) is 196 Å². The number of aromatic nitrogens is 2. The molecule has 0 bridgehead atoms. The van der Waals surface area contributed by atoms with Gasteiger partial charge in [0.1, 0.15) is 17.9 Å². The summed E-state index contributed by atoms with van der Waals surface area (Å²) < 4.78 is 14.4. The van der Waals surface area contributed by atoms with E-state index in [0.29, 0.717) is 13.2 Å². The van der Waals surface area contributed by atoms with Crippen LogP contribution in [0.5, 0.6) is 23.0 Å². The summed E-state index contributed by atoms with van der Waals surface area (Å²) in [5.41, 5.74) is 11.0. The molecule has 4 N–H and O–H groups in total. The Labute approximate surface area is 389 Å². The number of nitrogens with zero attached hydrogens (tertiary/aromatic N) is 2. The number of rotatable bonds is 10. The minimum absolute atomic E-state index is 0. The average Bonchev–Trinajstić information content (AvgIpc) is 3.78. The van der Waals surface area contributed by atoms with Crippen LogP contribution in [0.2, 0.25) is 0 Å². The second-order valence-corrected chi connectivity index (χ2v) is 15.3. The maximum atomic E-state index is 12.0. The molecule has 0 aliphatic heterocycles. The topological polar surface area (TPSA) is 75.9 Å². The normalized spacial score (nSPS) is 10.8. The van der Waals surface area contributed by atoms with Crippen LogP contribution in [0.3, 0.4) is 0 Å². The summed E-state index contributed by atoms with van der Waals surface area (Å²) in [7, 11) is 0. The molecule has 63 heavy (non-hydrogen) atoms. The van der Waals surface area contributed by atoms with Crippen LogP contribution in [0.25, 0.3) is 77.2 Å². The first-order chi connectivity index (χ1) is 29.0. The maximum absolute atomic E-state index is 12.0. The first-order valence-electron chi connectivity index (χ1n) is 20.1. The Balaban J connectivity index is 0.00000165. The largest absolute Gasteiger partial charge is 0.582 e. The van der Waals surface area contributed by atoms with Gasteiger partial charge in [-0.2, -0.15) is 0 Å². The molecule has 8 aromatic carbocycles. The number of phenolic OH excluding ortho intramolecular Hbond substituents is 2. The summed E-state index contributed by atoms with van der Waals surface area (Å²) in [4.78, 5) is 0. The summed E-state index contributed by atoms with van der Waals surface area (Å²) >= 11 is 0. The Morgan fingerprint density at radius 1 is 0.413 bits per heavy atom. The Morgan fingerprint density at radius 3 is 1.06 bits per heavy atom. The second-order valence-electron chi connectivity index (χ2n) is 15.3. The molecule has 6 nitrogen and oxygen atoms in total. The average molecular weight is 998 g/mol. The number of aryl methyl sites for hydroxylation is 2. The molecule has 0 unspecified atom stereocenters. The standard InChI is InChI=1S/C53H42N2O4.CH4.2CH3.Hf/c1-34-30-42(52(56)48(32-34)54-44-22-9-3-16-36(44)37-17-4-10-23-45(37)54)40-20-7-13-26-50(40)58-28-15-29-59-51-27-14-8-21-41(51)43-31-35(2)33-49(53(43)57)55-46-24-11-5-18-38(46)39-19-6-12-25-47(39)55;;;;/h3-14,16-27,30-33,56-57H,15,28-29H2,1-2H3;1H4;2*1H3;/q;;2*-1;/p+2. The number of aliphatic hydroxyl groups is 2. The van der Waals surface area contributed by atoms with Crippen molar-refractivity contribution >= 4 is 43.6 Å². The van der Waals surface area contributed by atoms with Crippen molar-refractivity contribution in [1.29, 1.82) is 0 Å². The van der Waals surface area contributed by atoms with Crippen LogP contribution in [-0.4, -0.2) is 42.0 Å². The van der Waals surface area contributed by atoms with Crippen LogP contribution in [0.1, 0.15) is 25.0 Å². The van der Waals surface area contributed by atoms with E-state index >= 15 is 0 Å². The molecule has 0 aliphatic carbocycles. The molecule has 0 aliphatic rings. The molecule has 0 saturated carbocycles. The van der Waals surface area contributed by atoms with Crippen molar-refractivity contribution in [1.82, 2.24) is 9.13 Å². The third-order valence-corrected chi connectivity index (χ3v) is 11.4. The molecule has 0 spiro atoms. The summed E-state index contributed by atoms with van der Waals surface area (Å²) in [5.74, 6) is 2.09. The van der Waals surface area contributed by atoms with Gasteiger partial charge in [-0.3, -0.25) is 0 Å². The van der Waals surface area contributed by atoms with Gasteiger partial charge in [-0.1, -0.05) is 104 Å². The van der Waals surface area contributed by atoms with Crippen molar-refractivity contribution in [3.63, 3.8) is 0 Å². The zero-order valence-corrected chi connectivity index (χ0v) is 39.1. The van der Waals surface area contributed by atoms with E-state index in [1.54, 1.807) is 0 Å². The van der Waals surface area contributed by atoms with Crippen LogP contribution < -0.4 is 0 Å². The molecular formula is C56H54HfN2O4. The third kappa shape index (κ3) is 8.14. The fourth-order valence-corrected chi connectivity index (χ4v) is 8.78. The van der Waals surface area contributed by atoms with Gasteiger partial charge in [0.05, 0.1) is 44.6 Å². The monoisotopic (exact) mass is 998 g/mol. The third-order valence-electron chi connectivity index (χ3n) is 11.4. The van der Waals surface area contributed by atoms with E-state index in [2.05, 4.69) is 108 Å². The molecular weight excluding hydrogens is 943 g/mol. The van der Waals surface area contributed by atoms with Crippen LogP contribution >= 0.6 is 0 Å². The summed E-state index contributed by atoms with van der Waals surface area (Å²) in [5, 5.41) is 28.7. The fourth-order valence-electron chi connectivity index (χ4n) is 8.78. The van der Waals surface area contributed by atoms with E-state index in [1.165, 1.54) is 0 Å². The van der Waals surface area contributed by atoms with Gasteiger partial charge in [-0.15, -0.1) is 0 Å². The molecule has 7 heteroatoms. The van der Waals surface area contributed by atoms with E-state index in [0.717, 1.165) is 106 Å². The van der Waals surface area contributed by atoms with Crippen molar-refractivity contribution in [2.75, 3.05) is 13.2 Å². The fraction of sp³-hybridized carbons (Fsp3) is 0.107. The van der Waals surface area contributed by atoms with Gasteiger partial charge in [-0.05, 0) is 85.6 Å². The van der Waals surface area contributed by atoms with Crippen LogP contribution in [-0.2, 0) is 25.8 Å². The maximum Gasteiger partial charge on any atom is 0.262 e. The van der Waals surface area contributed by atoms with Crippen LogP contribution in [0.15, 0.2) is 170 Å². The first-order valence-corrected chi connectivity index (χ1v) is 20.1. The molecule has 2 heterocycles. The Kier molecular flexibility index (Phi) is 14.0. The molecule has 10 aromatic rings. The predicted octanol–water partition coefficient (Wildman–Crippen LogP) is 14.3. The van der Waals surface area contributed by atoms with Gasteiger partial charge in [0.15, 0.2) is 13.2 Å². The zero-order chi connectivity index (χ0) is 40.0. The van der Waals surface area contributed by atoms with E-state index in [-0.39, 0.29) is 59.6 Å². The molecule has 2 aromatic heterocycles. The van der Waals surface area contributed by atoms with Gasteiger partial charge in [0, 0.05) is 70.6 Å². The first kappa shape index (κ1) is 45.9. The van der Waals surface area contributed by atoms with E-state index in [9.17, 15) is 10.2 Å². The van der Waals surface area contributed by atoms with Gasteiger partial charge in [0.25, 0.3) is 11.5 Å². The molecule has 0 fully saturated rings. The van der Waals surface area contributed by atoms with E-state index in [1.807, 2.05) is 84.9 Å². The molecule has 0 radical (unpaired) electrons. The van der Waals surface area contributed by atoms with Gasteiger partial charge in [0.2, 0.25) is 0 Å². The number of para-hydroxylation sites is 6. The van der Waals surface area contributed by atoms with Crippen LogP contribution in [0, 0.1) is 28.7 Å². The number of hydrogen-bond acceptors (Lipinski definition) is 2. The van der Waals surface area contributed by atoms with E-state index in [4.69, 9.17) is 9.47 Å².